The zero-order valence-electron chi connectivity index (χ0n) is 15.6. The van der Waals surface area contributed by atoms with E-state index in [1.54, 1.807) is 18.2 Å². The van der Waals surface area contributed by atoms with Crippen LogP contribution in [0.5, 0.6) is 0 Å². The fraction of sp³-hybridized carbons (Fsp3) is 0.500. The summed E-state index contributed by atoms with van der Waals surface area (Å²) in [6.07, 6.45) is 1.58. The maximum atomic E-state index is 12.2. The van der Waals surface area contributed by atoms with Gasteiger partial charge in [-0.1, -0.05) is 54.2 Å². The molecule has 24 heavy (non-hydrogen) atoms. The number of benzene rings is 1. The fourth-order valence-corrected chi connectivity index (χ4v) is 1.74. The van der Waals surface area contributed by atoms with Gasteiger partial charge in [-0.05, 0) is 34.6 Å². The van der Waals surface area contributed by atoms with E-state index in [0.29, 0.717) is 29.9 Å². The normalized spacial score (nSPS) is 11.8. The standard InChI is InChI=1S/C20H28O4/c1-8-14-9-15(17(21)23-12-19(2,3)4)11-16(10-14)18(22)24-13-20(5,6)7/h8-11H,1,12-13H2,2-7H3. The van der Waals surface area contributed by atoms with E-state index < -0.39 is 11.9 Å². The third kappa shape index (κ3) is 6.99. The number of rotatable bonds is 5. The molecule has 1 aromatic carbocycles. The van der Waals surface area contributed by atoms with Gasteiger partial charge >= 0.3 is 11.9 Å². The van der Waals surface area contributed by atoms with Gasteiger partial charge in [0.15, 0.2) is 0 Å². The highest BCUT2D eigenvalue weighted by molar-refractivity contribution is 5.96. The number of carbonyl (C=O) groups is 2. The third-order valence-electron chi connectivity index (χ3n) is 2.94. The van der Waals surface area contributed by atoms with Gasteiger partial charge < -0.3 is 9.47 Å². The third-order valence-corrected chi connectivity index (χ3v) is 2.94. The van der Waals surface area contributed by atoms with E-state index in [4.69, 9.17) is 9.47 Å². The highest BCUT2D eigenvalue weighted by Gasteiger charge is 2.19. The molecule has 4 nitrogen and oxygen atoms in total. The summed E-state index contributed by atoms with van der Waals surface area (Å²) in [7, 11) is 0. The van der Waals surface area contributed by atoms with E-state index in [1.807, 2.05) is 41.5 Å². The first-order chi connectivity index (χ1) is 10.9. The van der Waals surface area contributed by atoms with Crippen molar-refractivity contribution in [3.63, 3.8) is 0 Å². The van der Waals surface area contributed by atoms with Crippen molar-refractivity contribution in [1.82, 2.24) is 0 Å². The van der Waals surface area contributed by atoms with Crippen LogP contribution in [0.15, 0.2) is 24.8 Å². The van der Waals surface area contributed by atoms with Crippen molar-refractivity contribution in [2.45, 2.75) is 41.5 Å². The van der Waals surface area contributed by atoms with Crippen LogP contribution in [0.3, 0.4) is 0 Å². The highest BCUT2D eigenvalue weighted by atomic mass is 16.5. The lowest BCUT2D eigenvalue weighted by Gasteiger charge is -2.19. The Morgan fingerprint density at radius 1 is 0.875 bits per heavy atom. The summed E-state index contributed by atoms with van der Waals surface area (Å²) in [5.74, 6) is -0.919. The summed E-state index contributed by atoms with van der Waals surface area (Å²) < 4.78 is 10.6. The van der Waals surface area contributed by atoms with Gasteiger partial charge in [0.25, 0.3) is 0 Å². The summed E-state index contributed by atoms with van der Waals surface area (Å²) in [4.78, 5) is 24.5. The molecule has 0 radical (unpaired) electrons. The monoisotopic (exact) mass is 332 g/mol. The second-order valence-electron chi connectivity index (χ2n) is 8.32. The van der Waals surface area contributed by atoms with Crippen LogP contribution in [0.1, 0.15) is 67.8 Å². The molecule has 0 aliphatic heterocycles. The molecule has 0 N–H and O–H groups in total. The molecule has 0 fully saturated rings. The van der Waals surface area contributed by atoms with Crippen LogP contribution in [0.4, 0.5) is 0 Å². The van der Waals surface area contributed by atoms with E-state index >= 15 is 0 Å². The lowest BCUT2D eigenvalue weighted by atomic mass is 9.98. The van der Waals surface area contributed by atoms with Crippen molar-refractivity contribution in [3.05, 3.63) is 41.5 Å². The van der Waals surface area contributed by atoms with Crippen molar-refractivity contribution in [2.75, 3.05) is 13.2 Å². The van der Waals surface area contributed by atoms with Gasteiger partial charge in [-0.15, -0.1) is 0 Å². The Morgan fingerprint density at radius 2 is 1.25 bits per heavy atom. The summed E-state index contributed by atoms with van der Waals surface area (Å²) in [6, 6.07) is 4.81. The van der Waals surface area contributed by atoms with Crippen LogP contribution in [0, 0.1) is 10.8 Å². The van der Waals surface area contributed by atoms with E-state index in [-0.39, 0.29) is 10.8 Å². The molecule has 0 aliphatic rings. The van der Waals surface area contributed by atoms with Crippen molar-refractivity contribution < 1.29 is 19.1 Å². The number of hydrogen-bond acceptors (Lipinski definition) is 4. The van der Waals surface area contributed by atoms with Gasteiger partial charge in [0.2, 0.25) is 0 Å². The Kier molecular flexibility index (Phi) is 6.35. The van der Waals surface area contributed by atoms with E-state index in [0.717, 1.165) is 0 Å². The quantitative estimate of drug-likeness (QED) is 0.731. The van der Waals surface area contributed by atoms with Crippen LogP contribution in [0.2, 0.25) is 0 Å². The van der Waals surface area contributed by atoms with Crippen LogP contribution < -0.4 is 0 Å². The molecule has 0 unspecified atom stereocenters. The average Bonchev–Trinajstić information content (AvgIpc) is 2.48. The number of ether oxygens (including phenoxy) is 2. The Hall–Kier alpha value is -2.10. The second-order valence-corrected chi connectivity index (χ2v) is 8.32. The van der Waals surface area contributed by atoms with Gasteiger partial charge in [-0.25, -0.2) is 9.59 Å². The molecule has 1 aromatic rings. The lowest BCUT2D eigenvalue weighted by molar-refractivity contribution is 0.0362. The summed E-state index contributed by atoms with van der Waals surface area (Å²) in [5.41, 5.74) is 1.06. The largest absolute Gasteiger partial charge is 0.462 e. The van der Waals surface area contributed by atoms with Gasteiger partial charge in [0, 0.05) is 0 Å². The molecule has 0 heterocycles. The minimum atomic E-state index is -0.460. The molecule has 0 atom stereocenters. The topological polar surface area (TPSA) is 52.6 Å². The molecular formula is C20H28O4. The first kappa shape index (κ1) is 19.9. The summed E-state index contributed by atoms with van der Waals surface area (Å²) >= 11 is 0. The number of hydrogen-bond donors (Lipinski definition) is 0. The summed E-state index contributed by atoms with van der Waals surface area (Å²) in [5, 5.41) is 0. The highest BCUT2D eigenvalue weighted by Crippen LogP contribution is 2.19. The number of esters is 2. The molecule has 0 saturated heterocycles. The predicted octanol–water partition coefficient (Wildman–Crippen LogP) is 4.74. The van der Waals surface area contributed by atoms with E-state index in [2.05, 4.69) is 6.58 Å². The minimum absolute atomic E-state index is 0.125. The van der Waals surface area contributed by atoms with Gasteiger partial charge in [-0.3, -0.25) is 0 Å². The summed E-state index contributed by atoms with van der Waals surface area (Å²) in [6.45, 7) is 16.2. The molecular weight excluding hydrogens is 304 g/mol. The zero-order valence-corrected chi connectivity index (χ0v) is 15.6. The smallest absolute Gasteiger partial charge is 0.338 e. The predicted molar refractivity (Wildman–Crippen MR) is 96.0 cm³/mol. The fourth-order valence-electron chi connectivity index (χ4n) is 1.74. The van der Waals surface area contributed by atoms with E-state index in [9.17, 15) is 9.59 Å². The second kappa shape index (κ2) is 7.65. The molecule has 0 saturated carbocycles. The molecule has 0 aliphatic carbocycles. The Bertz CT molecular complexity index is 567. The zero-order chi connectivity index (χ0) is 18.5. The average molecular weight is 332 g/mol. The number of carbonyl (C=O) groups excluding carboxylic acids is 2. The van der Waals surface area contributed by atoms with Crippen molar-refractivity contribution in [3.8, 4) is 0 Å². The Morgan fingerprint density at radius 3 is 1.54 bits per heavy atom. The minimum Gasteiger partial charge on any atom is -0.462 e. The van der Waals surface area contributed by atoms with E-state index in [1.165, 1.54) is 6.07 Å². The van der Waals surface area contributed by atoms with Crippen molar-refractivity contribution in [1.29, 1.82) is 0 Å². The molecule has 0 bridgehead atoms. The SMILES string of the molecule is C=Cc1cc(C(=O)OCC(C)(C)C)cc(C(=O)OCC(C)(C)C)c1. The molecule has 0 aromatic heterocycles. The molecule has 0 amide bonds. The maximum Gasteiger partial charge on any atom is 0.338 e. The molecule has 1 rings (SSSR count). The maximum absolute atomic E-state index is 12.2. The van der Waals surface area contributed by atoms with Crippen molar-refractivity contribution in [2.24, 2.45) is 10.8 Å². The van der Waals surface area contributed by atoms with Crippen LogP contribution >= 0.6 is 0 Å². The molecule has 0 spiro atoms. The van der Waals surface area contributed by atoms with Crippen LogP contribution in [-0.4, -0.2) is 25.2 Å². The van der Waals surface area contributed by atoms with Gasteiger partial charge in [0.1, 0.15) is 0 Å². The first-order valence-corrected chi connectivity index (χ1v) is 8.03. The first-order valence-electron chi connectivity index (χ1n) is 8.03. The molecule has 4 heteroatoms. The van der Waals surface area contributed by atoms with Gasteiger partial charge in [-0.2, -0.15) is 0 Å². The van der Waals surface area contributed by atoms with Crippen molar-refractivity contribution >= 4 is 18.0 Å². The lowest BCUT2D eigenvalue weighted by Crippen LogP contribution is -2.20. The Labute approximate surface area is 144 Å². The van der Waals surface area contributed by atoms with Crippen LogP contribution in [0.25, 0.3) is 6.08 Å². The molecule has 132 valence electrons. The van der Waals surface area contributed by atoms with Crippen LogP contribution in [-0.2, 0) is 9.47 Å². The Balaban J connectivity index is 2.97. The van der Waals surface area contributed by atoms with Gasteiger partial charge in [0.05, 0.1) is 24.3 Å².